The first kappa shape index (κ1) is 18.7. The van der Waals surface area contributed by atoms with Crippen LogP contribution in [0.5, 0.6) is 0 Å². The predicted octanol–water partition coefficient (Wildman–Crippen LogP) is 0.707. The van der Waals surface area contributed by atoms with Gasteiger partial charge in [-0.3, -0.25) is 0 Å². The number of ether oxygens (including phenoxy) is 5. The van der Waals surface area contributed by atoms with E-state index in [1.807, 2.05) is 30.3 Å². The Morgan fingerprint density at radius 3 is 2.24 bits per heavy atom. The second-order valence-electron chi connectivity index (χ2n) is 6.63. The van der Waals surface area contributed by atoms with Crippen LogP contribution in [0, 0.1) is 11.3 Å². The van der Waals surface area contributed by atoms with E-state index >= 15 is 0 Å². The molecule has 0 spiro atoms. The molecule has 140 valence electrons. The molecule has 1 unspecified atom stereocenters. The average molecular weight is 354 g/mol. The Morgan fingerprint density at radius 1 is 1.08 bits per heavy atom. The highest BCUT2D eigenvalue weighted by molar-refractivity contribution is 5.16. The Hall–Kier alpha value is -1.06. The standard InChI is InChI=1S/C18H26O7/c1-21-15(17-22-8-13(7-19)9-23-17)18(10-20)11-24-16(25-12-18)14-5-3-2-4-6-14/h2-6,13,15-17,19-20H,7-12H2,1H3. The van der Waals surface area contributed by atoms with Crippen molar-refractivity contribution < 1.29 is 33.9 Å². The largest absolute Gasteiger partial charge is 0.396 e. The fourth-order valence-corrected chi connectivity index (χ4v) is 3.21. The molecule has 2 saturated heterocycles. The minimum absolute atomic E-state index is 0.0144. The third-order valence-corrected chi connectivity index (χ3v) is 4.79. The van der Waals surface area contributed by atoms with Crippen LogP contribution in [-0.2, 0) is 23.7 Å². The maximum Gasteiger partial charge on any atom is 0.184 e. The highest BCUT2D eigenvalue weighted by Crippen LogP contribution is 2.37. The lowest BCUT2D eigenvalue weighted by Crippen LogP contribution is -2.57. The summed E-state index contributed by atoms with van der Waals surface area (Å²) in [6.45, 7) is 1.12. The van der Waals surface area contributed by atoms with Crippen LogP contribution in [0.1, 0.15) is 11.9 Å². The van der Waals surface area contributed by atoms with Gasteiger partial charge in [-0.15, -0.1) is 0 Å². The van der Waals surface area contributed by atoms with Gasteiger partial charge in [0.1, 0.15) is 6.10 Å². The van der Waals surface area contributed by atoms with Crippen LogP contribution in [0.2, 0.25) is 0 Å². The Balaban J connectivity index is 1.66. The molecule has 0 amide bonds. The van der Waals surface area contributed by atoms with Crippen molar-refractivity contribution in [2.75, 3.05) is 46.8 Å². The van der Waals surface area contributed by atoms with E-state index in [-0.39, 0.29) is 32.3 Å². The number of rotatable bonds is 6. The van der Waals surface area contributed by atoms with Gasteiger partial charge in [0.2, 0.25) is 0 Å². The molecule has 2 aliphatic heterocycles. The number of aliphatic hydroxyl groups is 2. The summed E-state index contributed by atoms with van der Waals surface area (Å²) in [5, 5.41) is 19.2. The highest BCUT2D eigenvalue weighted by atomic mass is 16.7. The van der Waals surface area contributed by atoms with Gasteiger partial charge in [-0.25, -0.2) is 0 Å². The molecular weight excluding hydrogens is 328 g/mol. The molecule has 0 aliphatic carbocycles. The minimum atomic E-state index is -0.781. The summed E-state index contributed by atoms with van der Waals surface area (Å²) in [5.41, 5.74) is 0.149. The summed E-state index contributed by atoms with van der Waals surface area (Å²) in [5.74, 6) is -0.0415. The van der Waals surface area contributed by atoms with Crippen molar-refractivity contribution >= 4 is 0 Å². The molecule has 1 aromatic rings. The molecule has 2 aliphatic rings. The second-order valence-corrected chi connectivity index (χ2v) is 6.63. The molecule has 1 aromatic carbocycles. The van der Waals surface area contributed by atoms with E-state index in [1.54, 1.807) is 7.11 Å². The molecule has 2 N–H and O–H groups in total. The first-order valence-corrected chi connectivity index (χ1v) is 8.48. The third-order valence-electron chi connectivity index (χ3n) is 4.79. The lowest BCUT2D eigenvalue weighted by atomic mass is 9.82. The molecule has 7 nitrogen and oxygen atoms in total. The lowest BCUT2D eigenvalue weighted by molar-refractivity contribution is -0.315. The monoisotopic (exact) mass is 354 g/mol. The topological polar surface area (TPSA) is 86.6 Å². The van der Waals surface area contributed by atoms with E-state index in [4.69, 9.17) is 23.7 Å². The van der Waals surface area contributed by atoms with E-state index in [2.05, 4.69) is 0 Å². The molecule has 0 radical (unpaired) electrons. The number of methoxy groups -OCH3 is 1. The van der Waals surface area contributed by atoms with Crippen LogP contribution < -0.4 is 0 Å². The van der Waals surface area contributed by atoms with Gasteiger partial charge in [0.25, 0.3) is 0 Å². The summed E-state index contributed by atoms with van der Waals surface area (Å²) in [6.07, 6.45) is -1.65. The fourth-order valence-electron chi connectivity index (χ4n) is 3.21. The molecule has 25 heavy (non-hydrogen) atoms. The van der Waals surface area contributed by atoms with E-state index in [1.165, 1.54) is 0 Å². The molecule has 0 bridgehead atoms. The summed E-state index contributed by atoms with van der Waals surface area (Å²) in [7, 11) is 1.55. The Morgan fingerprint density at radius 2 is 1.72 bits per heavy atom. The second kappa shape index (κ2) is 8.55. The summed E-state index contributed by atoms with van der Waals surface area (Å²) in [6, 6.07) is 9.66. The summed E-state index contributed by atoms with van der Waals surface area (Å²) in [4.78, 5) is 0. The minimum Gasteiger partial charge on any atom is -0.396 e. The van der Waals surface area contributed by atoms with Crippen molar-refractivity contribution in [2.24, 2.45) is 11.3 Å². The Bertz CT molecular complexity index is 507. The van der Waals surface area contributed by atoms with Crippen LogP contribution in [0.25, 0.3) is 0 Å². The maximum atomic E-state index is 10.0. The van der Waals surface area contributed by atoms with Crippen LogP contribution in [-0.4, -0.2) is 69.4 Å². The number of hydrogen-bond donors (Lipinski definition) is 2. The van der Waals surface area contributed by atoms with Gasteiger partial charge in [-0.1, -0.05) is 30.3 Å². The highest BCUT2D eigenvalue weighted by Gasteiger charge is 2.49. The van der Waals surface area contributed by atoms with Gasteiger partial charge >= 0.3 is 0 Å². The van der Waals surface area contributed by atoms with Crippen LogP contribution in [0.15, 0.2) is 30.3 Å². The molecule has 3 rings (SSSR count). The Kier molecular flexibility index (Phi) is 6.40. The van der Waals surface area contributed by atoms with Crippen LogP contribution in [0.3, 0.4) is 0 Å². The van der Waals surface area contributed by atoms with Gasteiger partial charge in [-0.05, 0) is 0 Å². The third kappa shape index (κ3) is 4.03. The number of hydrogen-bond acceptors (Lipinski definition) is 7. The van der Waals surface area contributed by atoms with Crippen molar-refractivity contribution in [3.8, 4) is 0 Å². The van der Waals surface area contributed by atoms with E-state index in [9.17, 15) is 10.2 Å². The van der Waals surface area contributed by atoms with Crippen molar-refractivity contribution in [1.29, 1.82) is 0 Å². The van der Waals surface area contributed by atoms with E-state index in [0.717, 1.165) is 5.56 Å². The quantitative estimate of drug-likeness (QED) is 0.778. The first-order valence-electron chi connectivity index (χ1n) is 8.48. The zero-order valence-corrected chi connectivity index (χ0v) is 14.4. The summed E-state index contributed by atoms with van der Waals surface area (Å²) < 4.78 is 28.7. The lowest BCUT2D eigenvalue weighted by Gasteiger charge is -2.46. The van der Waals surface area contributed by atoms with Gasteiger partial charge in [0, 0.05) is 18.6 Å². The molecular formula is C18H26O7. The zero-order valence-electron chi connectivity index (χ0n) is 14.4. The molecule has 7 heteroatoms. The predicted molar refractivity (Wildman–Crippen MR) is 87.7 cm³/mol. The van der Waals surface area contributed by atoms with Gasteiger partial charge < -0.3 is 33.9 Å². The van der Waals surface area contributed by atoms with Crippen LogP contribution in [0.4, 0.5) is 0 Å². The molecule has 2 heterocycles. The van der Waals surface area contributed by atoms with E-state index < -0.39 is 24.1 Å². The zero-order chi connectivity index (χ0) is 17.7. The fraction of sp³-hybridized carbons (Fsp3) is 0.667. The van der Waals surface area contributed by atoms with Gasteiger partial charge in [0.15, 0.2) is 12.6 Å². The van der Waals surface area contributed by atoms with Crippen LogP contribution >= 0.6 is 0 Å². The van der Waals surface area contributed by atoms with Gasteiger partial charge in [0.05, 0.1) is 45.1 Å². The smallest absolute Gasteiger partial charge is 0.184 e. The van der Waals surface area contributed by atoms with Crippen molar-refractivity contribution in [1.82, 2.24) is 0 Å². The van der Waals surface area contributed by atoms with Gasteiger partial charge in [-0.2, -0.15) is 0 Å². The van der Waals surface area contributed by atoms with Crippen molar-refractivity contribution in [2.45, 2.75) is 18.7 Å². The normalized spacial score (nSPS) is 34.6. The SMILES string of the molecule is COC(C1OCC(CO)CO1)C1(CO)COC(c2ccccc2)OC1. The van der Waals surface area contributed by atoms with Crippen molar-refractivity contribution in [3.05, 3.63) is 35.9 Å². The van der Waals surface area contributed by atoms with E-state index in [0.29, 0.717) is 13.2 Å². The molecule has 2 fully saturated rings. The first-order chi connectivity index (χ1) is 12.2. The average Bonchev–Trinajstić information content (AvgIpc) is 2.70. The number of benzene rings is 1. The number of aliphatic hydroxyl groups excluding tert-OH is 2. The molecule has 1 atom stereocenters. The molecule has 0 saturated carbocycles. The Labute approximate surface area is 147 Å². The maximum absolute atomic E-state index is 10.0. The van der Waals surface area contributed by atoms with Crippen molar-refractivity contribution in [3.63, 3.8) is 0 Å². The molecule has 0 aromatic heterocycles. The summed E-state index contributed by atoms with van der Waals surface area (Å²) >= 11 is 0.